The molecule has 0 spiro atoms. The van der Waals surface area contributed by atoms with Crippen LogP contribution in [0.15, 0.2) is 24.3 Å². The molecule has 0 aliphatic heterocycles. The Hall–Kier alpha value is -1.26. The molecule has 1 atom stereocenters. The van der Waals surface area contributed by atoms with Crippen molar-refractivity contribution >= 4 is 24.1 Å². The maximum absolute atomic E-state index is 12.2. The molecular weight excluding hydrogens is 312 g/mol. The number of anilines is 1. The molecule has 23 heavy (non-hydrogen) atoms. The monoisotopic (exact) mass is 340 g/mol. The molecule has 0 heterocycles. The fourth-order valence-corrected chi connectivity index (χ4v) is 2.97. The van der Waals surface area contributed by atoms with E-state index in [-0.39, 0.29) is 24.5 Å². The number of esters is 1. The molecule has 1 aromatic carbocycles. The molecular formula is C18H29ClN2O2. The number of hydrogen-bond acceptors (Lipinski definition) is 4. The highest BCUT2D eigenvalue weighted by Gasteiger charge is 2.18. The minimum Gasteiger partial charge on any atom is -0.457 e. The maximum atomic E-state index is 12.2. The first kappa shape index (κ1) is 19.8. The van der Waals surface area contributed by atoms with Crippen molar-refractivity contribution in [1.29, 1.82) is 0 Å². The summed E-state index contributed by atoms with van der Waals surface area (Å²) in [6.07, 6.45) is 8.28. The molecule has 2 rings (SSSR count). The van der Waals surface area contributed by atoms with Crippen molar-refractivity contribution in [3.05, 3.63) is 29.8 Å². The van der Waals surface area contributed by atoms with Gasteiger partial charge in [-0.05, 0) is 43.5 Å². The second-order valence-corrected chi connectivity index (χ2v) is 6.18. The highest BCUT2D eigenvalue weighted by atomic mass is 35.5. The summed E-state index contributed by atoms with van der Waals surface area (Å²) in [7, 11) is 0. The first-order valence-electron chi connectivity index (χ1n) is 8.49. The summed E-state index contributed by atoms with van der Waals surface area (Å²) in [5.74, 6) is -0.260. The third kappa shape index (κ3) is 6.80. The number of ether oxygens (including phenoxy) is 1. The smallest absolute Gasteiger partial charge is 0.338 e. The molecule has 0 bridgehead atoms. The molecule has 1 aliphatic carbocycles. The van der Waals surface area contributed by atoms with E-state index in [1.807, 2.05) is 0 Å². The molecule has 1 fully saturated rings. The Morgan fingerprint density at radius 1 is 1.26 bits per heavy atom. The van der Waals surface area contributed by atoms with E-state index in [1.54, 1.807) is 24.3 Å². The van der Waals surface area contributed by atoms with Crippen LogP contribution in [0.1, 0.15) is 62.2 Å². The molecule has 0 amide bonds. The van der Waals surface area contributed by atoms with Crippen LogP contribution in [0.25, 0.3) is 0 Å². The van der Waals surface area contributed by atoms with E-state index >= 15 is 0 Å². The summed E-state index contributed by atoms with van der Waals surface area (Å²) in [6.45, 7) is 2.86. The van der Waals surface area contributed by atoms with Crippen molar-refractivity contribution in [2.24, 2.45) is 0 Å². The predicted molar refractivity (Wildman–Crippen MR) is 97.1 cm³/mol. The molecule has 4 nitrogen and oxygen atoms in total. The topological polar surface area (TPSA) is 64.3 Å². The molecule has 1 aliphatic rings. The van der Waals surface area contributed by atoms with Crippen molar-refractivity contribution in [3.8, 4) is 0 Å². The minimum atomic E-state index is -0.260. The summed E-state index contributed by atoms with van der Waals surface area (Å²) in [4.78, 5) is 12.2. The Bertz CT molecular complexity index is 459. The highest BCUT2D eigenvalue weighted by Crippen LogP contribution is 2.18. The zero-order valence-electron chi connectivity index (χ0n) is 13.9. The molecule has 1 saturated carbocycles. The Kier molecular flexibility index (Phi) is 9.03. The molecule has 0 radical (unpaired) electrons. The number of halogens is 1. The van der Waals surface area contributed by atoms with Crippen LogP contribution in [0.3, 0.4) is 0 Å². The third-order valence-corrected chi connectivity index (χ3v) is 4.27. The maximum Gasteiger partial charge on any atom is 0.338 e. The number of nitrogens with two attached hydrogens (primary N) is 1. The number of carbonyl (C=O) groups excluding carboxylic acids is 1. The van der Waals surface area contributed by atoms with Crippen molar-refractivity contribution in [2.75, 3.05) is 12.3 Å². The van der Waals surface area contributed by atoms with E-state index in [0.29, 0.717) is 17.3 Å². The summed E-state index contributed by atoms with van der Waals surface area (Å²) >= 11 is 0. The lowest BCUT2D eigenvalue weighted by atomic mass is 9.95. The highest BCUT2D eigenvalue weighted by molar-refractivity contribution is 5.89. The average molecular weight is 341 g/mol. The van der Waals surface area contributed by atoms with Gasteiger partial charge in [0.1, 0.15) is 6.10 Å². The Balaban J connectivity index is 0.00000264. The number of rotatable bonds is 7. The van der Waals surface area contributed by atoms with Gasteiger partial charge in [-0.3, -0.25) is 0 Å². The van der Waals surface area contributed by atoms with Crippen molar-refractivity contribution in [1.82, 2.24) is 5.32 Å². The molecule has 0 aromatic heterocycles. The summed E-state index contributed by atoms with van der Waals surface area (Å²) in [6, 6.07) is 7.48. The van der Waals surface area contributed by atoms with Crippen LogP contribution in [0.4, 0.5) is 5.69 Å². The minimum absolute atomic E-state index is 0. The van der Waals surface area contributed by atoms with E-state index in [0.717, 1.165) is 19.4 Å². The lowest BCUT2D eigenvalue weighted by Gasteiger charge is -2.26. The number of carbonyl (C=O) groups is 1. The number of benzene rings is 1. The SMILES string of the molecule is CCCC(CNC1CCCCC1)OC(=O)c1ccc(N)cc1.Cl. The van der Waals surface area contributed by atoms with E-state index in [1.165, 1.54) is 32.1 Å². The van der Waals surface area contributed by atoms with Gasteiger partial charge in [-0.15, -0.1) is 12.4 Å². The second-order valence-electron chi connectivity index (χ2n) is 6.18. The quantitative estimate of drug-likeness (QED) is 0.583. The van der Waals surface area contributed by atoms with Gasteiger partial charge in [-0.1, -0.05) is 32.6 Å². The van der Waals surface area contributed by atoms with Crippen LogP contribution in [0.2, 0.25) is 0 Å². The van der Waals surface area contributed by atoms with Crippen LogP contribution in [0.5, 0.6) is 0 Å². The van der Waals surface area contributed by atoms with E-state index in [9.17, 15) is 4.79 Å². The molecule has 1 aromatic rings. The van der Waals surface area contributed by atoms with E-state index in [2.05, 4.69) is 12.2 Å². The van der Waals surface area contributed by atoms with Crippen molar-refractivity contribution in [3.63, 3.8) is 0 Å². The molecule has 3 N–H and O–H groups in total. The van der Waals surface area contributed by atoms with Gasteiger partial charge < -0.3 is 15.8 Å². The Morgan fingerprint density at radius 3 is 2.52 bits per heavy atom. The molecule has 130 valence electrons. The van der Waals surface area contributed by atoms with Crippen LogP contribution in [0, 0.1) is 0 Å². The fraction of sp³-hybridized carbons (Fsp3) is 0.611. The van der Waals surface area contributed by atoms with Crippen molar-refractivity contribution < 1.29 is 9.53 Å². The first-order valence-corrected chi connectivity index (χ1v) is 8.49. The van der Waals surface area contributed by atoms with Crippen molar-refractivity contribution in [2.45, 2.75) is 64.0 Å². The normalized spacial score (nSPS) is 16.4. The van der Waals surface area contributed by atoms with Crippen LogP contribution >= 0.6 is 12.4 Å². The van der Waals surface area contributed by atoms with Gasteiger partial charge >= 0.3 is 5.97 Å². The first-order chi connectivity index (χ1) is 10.7. The van der Waals surface area contributed by atoms with Crippen LogP contribution in [-0.2, 0) is 4.74 Å². The van der Waals surface area contributed by atoms with E-state index in [4.69, 9.17) is 10.5 Å². The van der Waals surface area contributed by atoms with Gasteiger partial charge in [0.25, 0.3) is 0 Å². The lowest BCUT2D eigenvalue weighted by Crippen LogP contribution is -2.38. The van der Waals surface area contributed by atoms with E-state index < -0.39 is 0 Å². The molecule has 5 heteroatoms. The number of hydrogen-bond donors (Lipinski definition) is 2. The van der Waals surface area contributed by atoms with Crippen LogP contribution < -0.4 is 11.1 Å². The molecule has 1 unspecified atom stereocenters. The largest absolute Gasteiger partial charge is 0.457 e. The standard InChI is InChI=1S/C18H28N2O2.ClH/c1-2-6-17(13-20-16-7-4-3-5-8-16)22-18(21)14-9-11-15(19)12-10-14;/h9-12,16-17,20H,2-8,13,19H2,1H3;1H. The zero-order valence-corrected chi connectivity index (χ0v) is 14.7. The van der Waals surface area contributed by atoms with Crippen LogP contribution in [-0.4, -0.2) is 24.7 Å². The van der Waals surface area contributed by atoms with Gasteiger partial charge in [-0.25, -0.2) is 4.79 Å². The fourth-order valence-electron chi connectivity index (χ4n) is 2.97. The van der Waals surface area contributed by atoms with Gasteiger partial charge in [0, 0.05) is 18.3 Å². The summed E-state index contributed by atoms with van der Waals surface area (Å²) < 4.78 is 5.67. The summed E-state index contributed by atoms with van der Waals surface area (Å²) in [5, 5.41) is 3.58. The van der Waals surface area contributed by atoms with Gasteiger partial charge in [0.05, 0.1) is 5.56 Å². The third-order valence-electron chi connectivity index (χ3n) is 4.27. The van der Waals surface area contributed by atoms with Gasteiger partial charge in [-0.2, -0.15) is 0 Å². The van der Waals surface area contributed by atoms with Gasteiger partial charge in [0.15, 0.2) is 0 Å². The zero-order chi connectivity index (χ0) is 15.8. The Labute approximate surface area is 145 Å². The second kappa shape index (κ2) is 10.5. The molecule has 0 saturated heterocycles. The van der Waals surface area contributed by atoms with Gasteiger partial charge in [0.2, 0.25) is 0 Å². The number of nitrogens with one attached hydrogen (secondary N) is 1. The predicted octanol–water partition coefficient (Wildman–Crippen LogP) is 3.94. The average Bonchev–Trinajstić information content (AvgIpc) is 2.54. The summed E-state index contributed by atoms with van der Waals surface area (Å²) in [5.41, 5.74) is 6.86. The lowest BCUT2D eigenvalue weighted by molar-refractivity contribution is 0.0272. The Morgan fingerprint density at radius 2 is 1.91 bits per heavy atom. The number of nitrogen functional groups attached to an aromatic ring is 1.